The van der Waals surface area contributed by atoms with Crippen LogP contribution in [0.3, 0.4) is 0 Å². The Morgan fingerprint density at radius 2 is 1.79 bits per heavy atom. The highest BCUT2D eigenvalue weighted by molar-refractivity contribution is 6.42. The van der Waals surface area contributed by atoms with E-state index in [1.165, 1.54) is 24.3 Å². The van der Waals surface area contributed by atoms with Crippen LogP contribution in [0, 0.1) is 11.2 Å². The van der Waals surface area contributed by atoms with Gasteiger partial charge in [-0.1, -0.05) is 56.1 Å². The third-order valence-electron chi connectivity index (χ3n) is 4.96. The fourth-order valence-corrected chi connectivity index (χ4v) is 3.76. The summed E-state index contributed by atoms with van der Waals surface area (Å²) in [6.45, 7) is 5.75. The van der Waals surface area contributed by atoms with Gasteiger partial charge in [-0.3, -0.25) is 4.79 Å². The molecule has 0 saturated carbocycles. The quantitative estimate of drug-likeness (QED) is 0.396. The zero-order chi connectivity index (χ0) is 24.3. The molecule has 1 unspecified atom stereocenters. The summed E-state index contributed by atoms with van der Waals surface area (Å²) in [6, 6.07) is 11.2. The van der Waals surface area contributed by atoms with Gasteiger partial charge in [0.1, 0.15) is 24.2 Å². The molecule has 174 valence electrons. The van der Waals surface area contributed by atoms with Crippen molar-refractivity contribution in [1.29, 1.82) is 0 Å². The average molecular weight is 492 g/mol. The van der Waals surface area contributed by atoms with Crippen molar-refractivity contribution in [2.75, 3.05) is 0 Å². The molecule has 0 aliphatic carbocycles. The van der Waals surface area contributed by atoms with Crippen LogP contribution in [-0.2, 0) is 11.4 Å². The van der Waals surface area contributed by atoms with Crippen LogP contribution in [-0.4, -0.2) is 23.0 Å². The summed E-state index contributed by atoms with van der Waals surface area (Å²) in [7, 11) is 0. The normalized spacial score (nSPS) is 12.4. The minimum absolute atomic E-state index is 0.0675. The molecule has 0 heterocycles. The first kappa shape index (κ1) is 24.8. The van der Waals surface area contributed by atoms with Crippen molar-refractivity contribution < 1.29 is 23.8 Å². The van der Waals surface area contributed by atoms with Gasteiger partial charge in [0.15, 0.2) is 0 Å². The van der Waals surface area contributed by atoms with E-state index in [9.17, 15) is 19.1 Å². The lowest BCUT2D eigenvalue weighted by molar-refractivity contribution is -0.140. The smallest absolute Gasteiger partial charge is 0.326 e. The predicted octanol–water partition coefficient (Wildman–Crippen LogP) is 6.48. The number of aliphatic carboxylic acids is 1. The van der Waals surface area contributed by atoms with E-state index in [4.69, 9.17) is 27.9 Å². The third kappa shape index (κ3) is 6.36. The van der Waals surface area contributed by atoms with E-state index in [0.717, 1.165) is 0 Å². The highest BCUT2D eigenvalue weighted by Crippen LogP contribution is 2.32. The van der Waals surface area contributed by atoms with Gasteiger partial charge < -0.3 is 15.2 Å². The van der Waals surface area contributed by atoms with Crippen molar-refractivity contribution >= 4 is 45.9 Å². The fourth-order valence-electron chi connectivity index (χ4n) is 3.44. The largest absolute Gasteiger partial charge is 0.487 e. The predicted molar refractivity (Wildman–Crippen MR) is 128 cm³/mol. The number of nitrogens with one attached hydrogen (secondary N) is 1. The first-order valence-corrected chi connectivity index (χ1v) is 11.0. The van der Waals surface area contributed by atoms with Crippen molar-refractivity contribution in [3.8, 4) is 5.75 Å². The van der Waals surface area contributed by atoms with Gasteiger partial charge in [-0.25, -0.2) is 9.18 Å². The molecule has 0 radical (unpaired) electrons. The number of benzene rings is 3. The molecule has 1 amide bonds. The molecule has 3 rings (SSSR count). The summed E-state index contributed by atoms with van der Waals surface area (Å²) in [5, 5.41) is 14.0. The fraction of sp³-hybridized carbons (Fsp3) is 0.280. The monoisotopic (exact) mass is 491 g/mol. The van der Waals surface area contributed by atoms with Crippen LogP contribution in [0.1, 0.15) is 43.1 Å². The van der Waals surface area contributed by atoms with Crippen LogP contribution < -0.4 is 10.1 Å². The number of carbonyl (C=O) groups is 2. The molecular formula is C25H24Cl2FNO4. The Bertz CT molecular complexity index is 1210. The Labute approximate surface area is 201 Å². The lowest BCUT2D eigenvalue weighted by atomic mass is 9.88. The van der Waals surface area contributed by atoms with Crippen molar-refractivity contribution in [2.45, 2.75) is 39.8 Å². The molecule has 3 aromatic carbocycles. The van der Waals surface area contributed by atoms with Crippen LogP contribution in [0.25, 0.3) is 10.8 Å². The summed E-state index contributed by atoms with van der Waals surface area (Å²) in [6.07, 6.45) is 0.242. The van der Waals surface area contributed by atoms with E-state index in [0.29, 0.717) is 26.4 Å². The Kier molecular flexibility index (Phi) is 7.50. The maximum Gasteiger partial charge on any atom is 0.326 e. The van der Waals surface area contributed by atoms with Gasteiger partial charge in [-0.15, -0.1) is 0 Å². The number of rotatable bonds is 7. The second-order valence-electron chi connectivity index (χ2n) is 8.97. The highest BCUT2D eigenvalue weighted by atomic mass is 35.5. The number of hydrogen-bond acceptors (Lipinski definition) is 3. The lowest BCUT2D eigenvalue weighted by Crippen LogP contribution is -2.43. The van der Waals surface area contributed by atoms with Crippen LogP contribution >= 0.6 is 23.2 Å². The van der Waals surface area contributed by atoms with Crippen LogP contribution in [0.5, 0.6) is 5.75 Å². The summed E-state index contributed by atoms with van der Waals surface area (Å²) in [4.78, 5) is 24.9. The number of halogens is 3. The maximum absolute atomic E-state index is 13.8. The molecule has 0 aliphatic rings. The van der Waals surface area contributed by atoms with E-state index in [-0.39, 0.29) is 29.8 Å². The molecule has 0 spiro atoms. The number of hydrogen-bond donors (Lipinski definition) is 2. The molecule has 3 aromatic rings. The zero-order valence-electron chi connectivity index (χ0n) is 18.4. The Hall–Kier alpha value is -2.83. The van der Waals surface area contributed by atoms with Gasteiger partial charge in [0.25, 0.3) is 5.91 Å². The van der Waals surface area contributed by atoms with E-state index in [1.807, 2.05) is 20.8 Å². The summed E-state index contributed by atoms with van der Waals surface area (Å²) in [5.74, 6) is -1.93. The van der Waals surface area contributed by atoms with E-state index < -0.39 is 23.7 Å². The Morgan fingerprint density at radius 3 is 2.42 bits per heavy atom. The molecular weight excluding hydrogens is 468 g/mol. The van der Waals surface area contributed by atoms with Crippen LogP contribution in [0.15, 0.2) is 48.5 Å². The first-order valence-electron chi connectivity index (χ1n) is 10.3. The van der Waals surface area contributed by atoms with Gasteiger partial charge >= 0.3 is 5.97 Å². The van der Waals surface area contributed by atoms with Crippen LogP contribution in [0.2, 0.25) is 10.0 Å². The molecule has 1 atom stereocenters. The van der Waals surface area contributed by atoms with Crippen molar-refractivity contribution in [2.24, 2.45) is 5.41 Å². The average Bonchev–Trinajstić information content (AvgIpc) is 2.72. The SMILES string of the molecule is CC(C)(C)CC(NC(=O)c1ccc2cc(F)ccc2c1OCc1ccc(Cl)c(Cl)c1)C(=O)O. The molecule has 8 heteroatoms. The molecule has 2 N–H and O–H groups in total. The summed E-state index contributed by atoms with van der Waals surface area (Å²) < 4.78 is 19.8. The van der Waals surface area contributed by atoms with E-state index in [1.54, 1.807) is 24.3 Å². The molecule has 33 heavy (non-hydrogen) atoms. The molecule has 0 aromatic heterocycles. The van der Waals surface area contributed by atoms with E-state index in [2.05, 4.69) is 5.32 Å². The summed E-state index contributed by atoms with van der Waals surface area (Å²) >= 11 is 12.0. The number of fused-ring (bicyclic) bond motifs is 1. The Balaban J connectivity index is 1.97. The van der Waals surface area contributed by atoms with Crippen molar-refractivity contribution in [1.82, 2.24) is 5.32 Å². The second-order valence-corrected chi connectivity index (χ2v) is 9.79. The van der Waals surface area contributed by atoms with Gasteiger partial charge in [0, 0.05) is 5.39 Å². The summed E-state index contributed by atoms with van der Waals surface area (Å²) in [5.41, 5.74) is 0.546. The number of carbonyl (C=O) groups excluding carboxylic acids is 1. The minimum Gasteiger partial charge on any atom is -0.487 e. The topological polar surface area (TPSA) is 75.6 Å². The maximum atomic E-state index is 13.8. The standard InChI is InChI=1S/C25H24Cl2FNO4/c1-25(2,3)12-21(24(31)32)29-23(30)18-7-5-15-11-16(28)6-8-17(15)22(18)33-13-14-4-9-19(26)20(27)10-14/h4-11,21H,12-13H2,1-3H3,(H,29,30)(H,31,32). The zero-order valence-corrected chi connectivity index (χ0v) is 19.9. The lowest BCUT2D eigenvalue weighted by Gasteiger charge is -2.24. The highest BCUT2D eigenvalue weighted by Gasteiger charge is 2.28. The number of amides is 1. The van der Waals surface area contributed by atoms with Crippen LogP contribution in [0.4, 0.5) is 4.39 Å². The van der Waals surface area contributed by atoms with Gasteiger partial charge in [0.2, 0.25) is 0 Å². The van der Waals surface area contributed by atoms with Crippen molar-refractivity contribution in [3.63, 3.8) is 0 Å². The molecule has 0 saturated heterocycles. The third-order valence-corrected chi connectivity index (χ3v) is 5.70. The van der Waals surface area contributed by atoms with Gasteiger partial charge in [-0.05, 0) is 59.2 Å². The number of carboxylic acid groups (broad SMARTS) is 1. The van der Waals surface area contributed by atoms with Crippen molar-refractivity contribution in [3.05, 3.63) is 75.5 Å². The minimum atomic E-state index is -1.13. The number of carboxylic acids is 1. The van der Waals surface area contributed by atoms with E-state index >= 15 is 0 Å². The molecule has 0 aliphatic heterocycles. The van der Waals surface area contributed by atoms with Gasteiger partial charge in [0.05, 0.1) is 15.6 Å². The molecule has 5 nitrogen and oxygen atoms in total. The molecule has 0 fully saturated rings. The second kappa shape index (κ2) is 9.98. The first-order chi connectivity index (χ1) is 15.4. The van der Waals surface area contributed by atoms with Gasteiger partial charge in [-0.2, -0.15) is 0 Å². The number of ether oxygens (including phenoxy) is 1. The Morgan fingerprint density at radius 1 is 1.06 bits per heavy atom. The molecule has 0 bridgehead atoms.